The Hall–Kier alpha value is -0.340. The summed E-state index contributed by atoms with van der Waals surface area (Å²) in [4.78, 5) is 11.4. The van der Waals surface area contributed by atoms with Crippen LogP contribution in [0.2, 0.25) is 0 Å². The predicted molar refractivity (Wildman–Crippen MR) is 64.6 cm³/mol. The van der Waals surface area contributed by atoms with Crippen molar-refractivity contribution >= 4 is 44.3 Å². The second-order valence-electron chi connectivity index (χ2n) is 2.43. The number of carbonyl (C=O) groups is 1. The Bertz CT molecular complexity index is 379. The second kappa shape index (κ2) is 4.77. The molecule has 0 atom stereocenters. The fourth-order valence-electron chi connectivity index (χ4n) is 0.899. The molecule has 0 radical (unpaired) electrons. The lowest BCUT2D eigenvalue weighted by molar-refractivity contribution is 0.0997. The molecule has 1 rings (SSSR count). The lowest BCUT2D eigenvalue weighted by Crippen LogP contribution is -2.00. The number of benzene rings is 1. The number of hydrogen-bond donors (Lipinski definition) is 0. The molecule has 13 heavy (non-hydrogen) atoms. The van der Waals surface area contributed by atoms with Crippen molar-refractivity contribution in [2.75, 3.05) is 0 Å². The van der Waals surface area contributed by atoms with Crippen LogP contribution in [0.5, 0.6) is 0 Å². The largest absolute Gasteiger partial charge is 0.293 e. The van der Waals surface area contributed by atoms with E-state index in [-0.39, 0.29) is 12.2 Å². The van der Waals surface area contributed by atoms with Crippen LogP contribution in [0.1, 0.15) is 16.8 Å². The first-order valence-corrected chi connectivity index (χ1v) is 5.44. The molecule has 1 aromatic carbocycles. The van der Waals surface area contributed by atoms with Crippen LogP contribution in [0.15, 0.2) is 22.7 Å². The third-order valence-electron chi connectivity index (χ3n) is 1.49. The molecular formula is C10H6BrIO. The molecule has 0 fully saturated rings. The van der Waals surface area contributed by atoms with E-state index in [2.05, 4.69) is 44.4 Å². The van der Waals surface area contributed by atoms with E-state index in [1.165, 1.54) is 0 Å². The SMILES string of the molecule is C#CCC(=O)c1cc(Br)ccc1I. The molecule has 0 unspecified atom stereocenters. The van der Waals surface area contributed by atoms with Crippen molar-refractivity contribution in [1.29, 1.82) is 0 Å². The molecule has 0 aliphatic heterocycles. The van der Waals surface area contributed by atoms with Gasteiger partial charge in [-0.3, -0.25) is 4.79 Å². The molecular weight excluding hydrogens is 343 g/mol. The van der Waals surface area contributed by atoms with Gasteiger partial charge in [-0.2, -0.15) is 0 Å². The van der Waals surface area contributed by atoms with Crippen molar-refractivity contribution in [2.45, 2.75) is 6.42 Å². The maximum atomic E-state index is 11.4. The van der Waals surface area contributed by atoms with Crippen LogP contribution >= 0.6 is 38.5 Å². The molecule has 0 bridgehead atoms. The molecule has 66 valence electrons. The van der Waals surface area contributed by atoms with E-state index in [4.69, 9.17) is 6.42 Å². The standard InChI is InChI=1S/C10H6BrIO/c1-2-3-10(13)8-6-7(11)4-5-9(8)12/h1,4-6H,3H2. The van der Waals surface area contributed by atoms with Crippen molar-refractivity contribution in [3.63, 3.8) is 0 Å². The molecule has 0 N–H and O–H groups in total. The van der Waals surface area contributed by atoms with Gasteiger partial charge in [0.1, 0.15) is 0 Å². The lowest BCUT2D eigenvalue weighted by Gasteiger charge is -2.01. The summed E-state index contributed by atoms with van der Waals surface area (Å²) in [6.45, 7) is 0. The van der Waals surface area contributed by atoms with E-state index in [0.717, 1.165) is 8.04 Å². The fraction of sp³-hybridized carbons (Fsp3) is 0.100. The van der Waals surface area contributed by atoms with Gasteiger partial charge in [0.2, 0.25) is 0 Å². The highest BCUT2D eigenvalue weighted by molar-refractivity contribution is 14.1. The van der Waals surface area contributed by atoms with Crippen LogP contribution in [0.25, 0.3) is 0 Å². The van der Waals surface area contributed by atoms with Crippen LogP contribution in [0.3, 0.4) is 0 Å². The Morgan fingerprint density at radius 1 is 1.62 bits per heavy atom. The maximum absolute atomic E-state index is 11.4. The van der Waals surface area contributed by atoms with Crippen molar-refractivity contribution in [2.24, 2.45) is 0 Å². The quantitative estimate of drug-likeness (QED) is 0.455. The van der Waals surface area contributed by atoms with Gasteiger partial charge in [0.15, 0.2) is 5.78 Å². The third kappa shape index (κ3) is 2.82. The minimum atomic E-state index is -0.00630. The Kier molecular flexibility index (Phi) is 3.94. The zero-order chi connectivity index (χ0) is 9.84. The first-order chi connectivity index (χ1) is 6.15. The Morgan fingerprint density at radius 2 is 2.31 bits per heavy atom. The van der Waals surface area contributed by atoms with Crippen molar-refractivity contribution in [3.8, 4) is 12.3 Å². The van der Waals surface area contributed by atoms with Crippen LogP contribution < -0.4 is 0 Å². The smallest absolute Gasteiger partial charge is 0.175 e. The number of rotatable bonds is 2. The number of Topliss-reactive ketones (excluding diaryl/α,β-unsaturated/α-hetero) is 1. The van der Waals surface area contributed by atoms with Crippen LogP contribution in [0, 0.1) is 15.9 Å². The van der Waals surface area contributed by atoms with Gasteiger partial charge in [-0.05, 0) is 40.8 Å². The normalized spacial score (nSPS) is 9.31. The van der Waals surface area contributed by atoms with E-state index in [9.17, 15) is 4.79 Å². The van der Waals surface area contributed by atoms with E-state index in [1.54, 1.807) is 6.07 Å². The highest BCUT2D eigenvalue weighted by Gasteiger charge is 2.08. The zero-order valence-electron chi connectivity index (χ0n) is 6.68. The lowest BCUT2D eigenvalue weighted by atomic mass is 10.1. The first kappa shape index (κ1) is 10.7. The fourth-order valence-corrected chi connectivity index (χ4v) is 1.90. The molecule has 1 aromatic rings. The number of hydrogen-bond acceptors (Lipinski definition) is 1. The highest BCUT2D eigenvalue weighted by Crippen LogP contribution is 2.19. The molecule has 0 saturated heterocycles. The Balaban J connectivity index is 3.07. The number of carbonyl (C=O) groups excluding carboxylic acids is 1. The minimum Gasteiger partial charge on any atom is -0.293 e. The van der Waals surface area contributed by atoms with Crippen LogP contribution in [-0.4, -0.2) is 5.78 Å². The van der Waals surface area contributed by atoms with Crippen molar-refractivity contribution < 1.29 is 4.79 Å². The molecule has 0 aliphatic carbocycles. The van der Waals surface area contributed by atoms with Gasteiger partial charge >= 0.3 is 0 Å². The maximum Gasteiger partial charge on any atom is 0.175 e. The average molecular weight is 349 g/mol. The Labute approximate surface area is 99.2 Å². The summed E-state index contributed by atoms with van der Waals surface area (Å²) in [6, 6.07) is 5.57. The van der Waals surface area contributed by atoms with Crippen molar-refractivity contribution in [1.82, 2.24) is 0 Å². The summed E-state index contributed by atoms with van der Waals surface area (Å²) < 4.78 is 1.83. The van der Waals surface area contributed by atoms with Gasteiger partial charge in [0.05, 0.1) is 6.42 Å². The molecule has 0 saturated carbocycles. The average Bonchev–Trinajstić information content (AvgIpc) is 2.09. The molecule has 0 spiro atoms. The number of halogens is 2. The van der Waals surface area contributed by atoms with E-state index < -0.39 is 0 Å². The molecule has 0 amide bonds. The zero-order valence-corrected chi connectivity index (χ0v) is 10.4. The van der Waals surface area contributed by atoms with Gasteiger partial charge < -0.3 is 0 Å². The van der Waals surface area contributed by atoms with Gasteiger partial charge in [0, 0.05) is 13.6 Å². The molecule has 3 heteroatoms. The van der Waals surface area contributed by atoms with E-state index in [0.29, 0.717) is 5.56 Å². The summed E-state index contributed by atoms with van der Waals surface area (Å²) in [6.07, 6.45) is 5.23. The summed E-state index contributed by atoms with van der Waals surface area (Å²) in [5.41, 5.74) is 0.688. The van der Waals surface area contributed by atoms with Crippen LogP contribution in [-0.2, 0) is 0 Å². The first-order valence-electron chi connectivity index (χ1n) is 3.57. The van der Waals surface area contributed by atoms with Crippen LogP contribution in [0.4, 0.5) is 0 Å². The predicted octanol–water partition coefficient (Wildman–Crippen LogP) is 3.26. The topological polar surface area (TPSA) is 17.1 Å². The molecule has 0 aromatic heterocycles. The Morgan fingerprint density at radius 3 is 2.92 bits per heavy atom. The van der Waals surface area contributed by atoms with Gasteiger partial charge in [-0.15, -0.1) is 6.42 Å². The van der Waals surface area contributed by atoms with Gasteiger partial charge in [0.25, 0.3) is 0 Å². The van der Waals surface area contributed by atoms with E-state index >= 15 is 0 Å². The number of terminal acetylenes is 1. The van der Waals surface area contributed by atoms with Gasteiger partial charge in [-0.1, -0.05) is 21.9 Å². The summed E-state index contributed by atoms with van der Waals surface area (Å²) in [5, 5.41) is 0. The van der Waals surface area contributed by atoms with Crippen molar-refractivity contribution in [3.05, 3.63) is 31.8 Å². The summed E-state index contributed by atoms with van der Waals surface area (Å²) in [5.74, 6) is 2.34. The minimum absolute atomic E-state index is 0.00630. The van der Waals surface area contributed by atoms with E-state index in [1.807, 2.05) is 12.1 Å². The molecule has 0 aliphatic rings. The second-order valence-corrected chi connectivity index (χ2v) is 4.51. The third-order valence-corrected chi connectivity index (χ3v) is 2.93. The highest BCUT2D eigenvalue weighted by atomic mass is 127. The monoisotopic (exact) mass is 348 g/mol. The molecule has 0 heterocycles. The molecule has 1 nitrogen and oxygen atoms in total. The number of ketones is 1. The summed E-state index contributed by atoms with van der Waals surface area (Å²) >= 11 is 5.43. The summed E-state index contributed by atoms with van der Waals surface area (Å²) in [7, 11) is 0. The van der Waals surface area contributed by atoms with Gasteiger partial charge in [-0.25, -0.2) is 0 Å².